The van der Waals surface area contributed by atoms with Gasteiger partial charge in [0.1, 0.15) is 11.2 Å². The average Bonchev–Trinajstić information content (AvgIpc) is 3.77. The lowest BCUT2D eigenvalue weighted by Gasteiger charge is -2.28. The minimum Gasteiger partial charge on any atom is -0.456 e. The first-order valence-electron chi connectivity index (χ1n) is 19.8. The lowest BCUT2D eigenvalue weighted by atomic mass is 9.82. The molecule has 1 aliphatic rings. The highest BCUT2D eigenvalue weighted by atomic mass is 16.3. The standard InChI is InChI=1S/C55H39NO/c1-55(2)49-21-10-9-17-46(49)47-32-31-42(35-50(47)55)56(40-27-23-37(24-28-40)36-13-5-3-6-14-36)41-29-25-39(26-30-41)43-18-11-20-48-45(43)33-34-52-54(48)53-44(19-12-22-51(53)57-52)38-15-7-4-8-16-38/h3-35H,1-2H3. The summed E-state index contributed by atoms with van der Waals surface area (Å²) in [6, 6.07) is 72.5. The Morgan fingerprint density at radius 2 is 0.895 bits per heavy atom. The molecule has 0 unspecified atom stereocenters. The summed E-state index contributed by atoms with van der Waals surface area (Å²) in [4.78, 5) is 2.40. The lowest BCUT2D eigenvalue weighted by molar-refractivity contribution is 0.660. The Balaban J connectivity index is 1.03. The number of benzene rings is 9. The van der Waals surface area contributed by atoms with Crippen LogP contribution in [0.1, 0.15) is 25.0 Å². The fraction of sp³-hybridized carbons (Fsp3) is 0.0545. The second kappa shape index (κ2) is 13.0. The quantitative estimate of drug-likeness (QED) is 0.169. The van der Waals surface area contributed by atoms with Crippen LogP contribution in [-0.4, -0.2) is 0 Å². The fourth-order valence-corrected chi connectivity index (χ4v) is 9.29. The van der Waals surface area contributed by atoms with Gasteiger partial charge in [-0.05, 0) is 115 Å². The molecule has 2 heteroatoms. The van der Waals surface area contributed by atoms with E-state index in [9.17, 15) is 0 Å². The van der Waals surface area contributed by atoms with Crippen molar-refractivity contribution in [3.8, 4) is 44.5 Å². The molecule has 0 saturated heterocycles. The van der Waals surface area contributed by atoms with Gasteiger partial charge in [-0.2, -0.15) is 0 Å². The van der Waals surface area contributed by atoms with Crippen LogP contribution in [0.2, 0.25) is 0 Å². The van der Waals surface area contributed by atoms with Gasteiger partial charge in [-0.15, -0.1) is 0 Å². The first-order chi connectivity index (χ1) is 28.0. The number of nitrogens with zero attached hydrogens (tertiary/aromatic N) is 1. The normalized spacial score (nSPS) is 12.9. The van der Waals surface area contributed by atoms with Crippen molar-refractivity contribution in [2.24, 2.45) is 0 Å². The molecule has 0 spiro atoms. The summed E-state index contributed by atoms with van der Waals surface area (Å²) in [5.74, 6) is 0. The van der Waals surface area contributed by atoms with Crippen molar-refractivity contribution in [3.63, 3.8) is 0 Å². The SMILES string of the molecule is CC1(C)c2ccccc2-c2ccc(N(c3ccc(-c4ccccc4)cc3)c3ccc(-c4cccc5c4ccc4oc6cccc(-c7ccccc7)c6c45)cc3)cc21. The third kappa shape index (κ3) is 5.33. The summed E-state index contributed by atoms with van der Waals surface area (Å²) in [6.45, 7) is 4.70. The van der Waals surface area contributed by atoms with E-state index in [4.69, 9.17) is 4.42 Å². The molecule has 0 radical (unpaired) electrons. The Bertz CT molecular complexity index is 3120. The Hall–Kier alpha value is -7.16. The van der Waals surface area contributed by atoms with Crippen LogP contribution < -0.4 is 4.90 Å². The summed E-state index contributed by atoms with van der Waals surface area (Å²) >= 11 is 0. The summed E-state index contributed by atoms with van der Waals surface area (Å²) in [6.07, 6.45) is 0. The van der Waals surface area contributed by atoms with Gasteiger partial charge in [0.15, 0.2) is 0 Å². The lowest BCUT2D eigenvalue weighted by Crippen LogP contribution is -2.16. The van der Waals surface area contributed by atoms with Gasteiger partial charge in [-0.25, -0.2) is 0 Å². The topological polar surface area (TPSA) is 16.4 Å². The molecule has 1 aromatic heterocycles. The monoisotopic (exact) mass is 729 g/mol. The molecule has 10 aromatic rings. The number of fused-ring (bicyclic) bond motifs is 8. The van der Waals surface area contributed by atoms with Crippen molar-refractivity contribution >= 4 is 49.8 Å². The average molecular weight is 730 g/mol. The van der Waals surface area contributed by atoms with Crippen LogP contribution in [0.4, 0.5) is 17.1 Å². The van der Waals surface area contributed by atoms with E-state index in [0.29, 0.717) is 0 Å². The number of furan rings is 1. The molecule has 2 nitrogen and oxygen atoms in total. The molecule has 1 aliphatic carbocycles. The molecule has 0 fully saturated rings. The molecule has 9 aromatic carbocycles. The van der Waals surface area contributed by atoms with Crippen LogP contribution in [0.15, 0.2) is 205 Å². The largest absolute Gasteiger partial charge is 0.456 e. The smallest absolute Gasteiger partial charge is 0.136 e. The Morgan fingerprint density at radius 1 is 0.351 bits per heavy atom. The fourth-order valence-electron chi connectivity index (χ4n) is 9.29. The van der Waals surface area contributed by atoms with E-state index in [1.807, 2.05) is 0 Å². The number of hydrogen-bond acceptors (Lipinski definition) is 2. The maximum atomic E-state index is 6.48. The molecule has 0 N–H and O–H groups in total. The summed E-state index contributed by atoms with van der Waals surface area (Å²) in [5.41, 5.74) is 17.6. The molecule has 0 saturated carbocycles. The van der Waals surface area contributed by atoms with Crippen molar-refractivity contribution in [1.82, 2.24) is 0 Å². The third-order valence-electron chi connectivity index (χ3n) is 12.1. The molecule has 11 rings (SSSR count). The van der Waals surface area contributed by atoms with E-state index in [-0.39, 0.29) is 5.41 Å². The summed E-state index contributed by atoms with van der Waals surface area (Å²) < 4.78 is 6.48. The van der Waals surface area contributed by atoms with Crippen molar-refractivity contribution in [3.05, 3.63) is 211 Å². The highest BCUT2D eigenvalue weighted by Gasteiger charge is 2.35. The highest BCUT2D eigenvalue weighted by Crippen LogP contribution is 2.51. The number of hydrogen-bond donors (Lipinski definition) is 0. The van der Waals surface area contributed by atoms with Crippen LogP contribution >= 0.6 is 0 Å². The van der Waals surface area contributed by atoms with E-state index < -0.39 is 0 Å². The van der Waals surface area contributed by atoms with Crippen LogP contribution in [0.5, 0.6) is 0 Å². The molecule has 0 bridgehead atoms. The highest BCUT2D eigenvalue weighted by molar-refractivity contribution is 6.24. The van der Waals surface area contributed by atoms with Gasteiger partial charge in [0.05, 0.1) is 0 Å². The zero-order chi connectivity index (χ0) is 38.1. The maximum Gasteiger partial charge on any atom is 0.136 e. The van der Waals surface area contributed by atoms with Gasteiger partial charge >= 0.3 is 0 Å². The van der Waals surface area contributed by atoms with E-state index >= 15 is 0 Å². The zero-order valence-corrected chi connectivity index (χ0v) is 31.9. The van der Waals surface area contributed by atoms with E-state index in [1.54, 1.807) is 0 Å². The third-order valence-corrected chi connectivity index (χ3v) is 12.1. The molecule has 57 heavy (non-hydrogen) atoms. The molecule has 0 amide bonds. The van der Waals surface area contributed by atoms with Crippen molar-refractivity contribution in [2.45, 2.75) is 19.3 Å². The zero-order valence-electron chi connectivity index (χ0n) is 31.9. The van der Waals surface area contributed by atoms with Gasteiger partial charge in [0, 0.05) is 33.2 Å². The predicted molar refractivity (Wildman–Crippen MR) is 240 cm³/mol. The van der Waals surface area contributed by atoms with Gasteiger partial charge in [0.25, 0.3) is 0 Å². The van der Waals surface area contributed by atoms with Crippen LogP contribution in [0.3, 0.4) is 0 Å². The Morgan fingerprint density at radius 3 is 1.65 bits per heavy atom. The van der Waals surface area contributed by atoms with E-state index in [2.05, 4.69) is 219 Å². The molecular weight excluding hydrogens is 691 g/mol. The van der Waals surface area contributed by atoms with Gasteiger partial charge < -0.3 is 9.32 Å². The first-order valence-corrected chi connectivity index (χ1v) is 19.8. The first kappa shape index (κ1) is 33.2. The van der Waals surface area contributed by atoms with Gasteiger partial charge in [-0.3, -0.25) is 0 Å². The van der Waals surface area contributed by atoms with E-state index in [1.165, 1.54) is 66.4 Å². The summed E-state index contributed by atoms with van der Waals surface area (Å²) in [7, 11) is 0. The van der Waals surface area contributed by atoms with Gasteiger partial charge in [-0.1, -0.05) is 166 Å². The van der Waals surface area contributed by atoms with E-state index in [0.717, 1.165) is 39.0 Å². The summed E-state index contributed by atoms with van der Waals surface area (Å²) in [5, 5.41) is 4.72. The second-order valence-electron chi connectivity index (χ2n) is 15.7. The predicted octanol–water partition coefficient (Wildman–Crippen LogP) is 15.5. The molecular formula is C55H39NO. The van der Waals surface area contributed by atoms with Crippen LogP contribution in [0, 0.1) is 0 Å². The Labute approximate surface area is 332 Å². The maximum absolute atomic E-state index is 6.48. The minimum atomic E-state index is -0.101. The van der Waals surface area contributed by atoms with Crippen molar-refractivity contribution < 1.29 is 4.42 Å². The van der Waals surface area contributed by atoms with Crippen molar-refractivity contribution in [2.75, 3.05) is 4.90 Å². The minimum absolute atomic E-state index is 0.101. The molecule has 0 aliphatic heterocycles. The number of rotatable bonds is 6. The van der Waals surface area contributed by atoms with Crippen LogP contribution in [0.25, 0.3) is 77.2 Å². The van der Waals surface area contributed by atoms with Gasteiger partial charge in [0.2, 0.25) is 0 Å². The molecule has 1 heterocycles. The second-order valence-corrected chi connectivity index (χ2v) is 15.7. The van der Waals surface area contributed by atoms with Crippen LogP contribution in [-0.2, 0) is 5.41 Å². The Kier molecular flexibility index (Phi) is 7.55. The molecule has 270 valence electrons. The molecule has 0 atom stereocenters. The number of anilines is 3. The van der Waals surface area contributed by atoms with Crippen molar-refractivity contribution in [1.29, 1.82) is 0 Å².